The topological polar surface area (TPSA) is 40.5 Å². The molecule has 0 radical (unpaired) electrons. The molecule has 2 nitrogen and oxygen atoms in total. The molecule has 2 heteroatoms. The molecular weight excluding hydrogens is 272 g/mol. The molecular formula is C20H36O2. The average molecular weight is 309 g/mol. The summed E-state index contributed by atoms with van der Waals surface area (Å²) in [4.78, 5) is 0. The van der Waals surface area contributed by atoms with Crippen molar-refractivity contribution in [2.24, 2.45) is 34.5 Å². The van der Waals surface area contributed by atoms with Gasteiger partial charge in [0.15, 0.2) is 0 Å². The van der Waals surface area contributed by atoms with Crippen LogP contribution in [-0.2, 0) is 0 Å². The highest BCUT2D eigenvalue weighted by molar-refractivity contribution is 5.09. The number of hydrogen-bond acceptors (Lipinski definition) is 2. The fourth-order valence-electron chi connectivity index (χ4n) is 6.40. The molecule has 6 saturated carbocycles. The van der Waals surface area contributed by atoms with Crippen LogP contribution in [0.3, 0.4) is 0 Å². The molecule has 0 aromatic rings. The molecule has 6 aliphatic carbocycles. The SMILES string of the molecule is CC1(O)CCC2CC1C2(C)C.CC1(O)CCC2CC1C2(C)C. The van der Waals surface area contributed by atoms with Gasteiger partial charge in [0.05, 0.1) is 11.2 Å². The molecule has 0 aromatic heterocycles. The van der Waals surface area contributed by atoms with Crippen molar-refractivity contribution in [2.45, 2.75) is 91.3 Å². The van der Waals surface area contributed by atoms with E-state index >= 15 is 0 Å². The van der Waals surface area contributed by atoms with Gasteiger partial charge in [0.2, 0.25) is 0 Å². The largest absolute Gasteiger partial charge is 0.390 e. The second-order valence-electron chi connectivity index (χ2n) is 10.4. The summed E-state index contributed by atoms with van der Waals surface area (Å²) in [6.45, 7) is 13.2. The van der Waals surface area contributed by atoms with Gasteiger partial charge in [-0.2, -0.15) is 0 Å². The number of hydrogen-bond donors (Lipinski definition) is 2. The molecule has 0 aliphatic heterocycles. The van der Waals surface area contributed by atoms with Gasteiger partial charge in [-0.1, -0.05) is 27.7 Å². The maximum absolute atomic E-state index is 10.0. The minimum Gasteiger partial charge on any atom is -0.390 e. The Morgan fingerprint density at radius 2 is 0.955 bits per heavy atom. The molecule has 0 spiro atoms. The summed E-state index contributed by atoms with van der Waals surface area (Å²) < 4.78 is 0. The highest BCUT2D eigenvalue weighted by atomic mass is 16.3. The van der Waals surface area contributed by atoms with Crippen LogP contribution in [0.1, 0.15) is 80.1 Å². The van der Waals surface area contributed by atoms with Crippen LogP contribution in [0.4, 0.5) is 0 Å². The van der Waals surface area contributed by atoms with Crippen molar-refractivity contribution in [1.29, 1.82) is 0 Å². The lowest BCUT2D eigenvalue weighted by Gasteiger charge is -2.62. The van der Waals surface area contributed by atoms with Crippen LogP contribution in [0.2, 0.25) is 0 Å². The van der Waals surface area contributed by atoms with Crippen LogP contribution < -0.4 is 0 Å². The smallest absolute Gasteiger partial charge is 0.0653 e. The minimum absolute atomic E-state index is 0.363. The van der Waals surface area contributed by atoms with E-state index in [1.54, 1.807) is 0 Å². The van der Waals surface area contributed by atoms with E-state index in [0.717, 1.165) is 24.7 Å². The quantitative estimate of drug-likeness (QED) is 0.697. The Balaban J connectivity index is 0.000000131. The Hall–Kier alpha value is -0.0800. The van der Waals surface area contributed by atoms with Crippen molar-refractivity contribution in [3.63, 3.8) is 0 Å². The standard InChI is InChI=1S/2C10H18O/c2*1-9(2)7-4-5-10(3,11)8(9)6-7/h2*7-8,11H,4-6H2,1-3H3. The van der Waals surface area contributed by atoms with Crippen LogP contribution in [-0.4, -0.2) is 21.4 Å². The van der Waals surface area contributed by atoms with E-state index in [1.807, 2.05) is 13.8 Å². The second kappa shape index (κ2) is 4.72. The van der Waals surface area contributed by atoms with Gasteiger partial charge < -0.3 is 10.2 Å². The van der Waals surface area contributed by atoms with Crippen molar-refractivity contribution in [3.05, 3.63) is 0 Å². The third kappa shape index (κ3) is 2.28. The molecule has 128 valence electrons. The monoisotopic (exact) mass is 308 g/mol. The Kier molecular flexibility index (Phi) is 3.60. The molecule has 6 fully saturated rings. The molecule has 0 amide bonds. The van der Waals surface area contributed by atoms with Crippen molar-refractivity contribution in [3.8, 4) is 0 Å². The molecule has 6 rings (SSSR count). The fraction of sp³-hybridized carbons (Fsp3) is 1.00. The molecule has 0 saturated heterocycles. The van der Waals surface area contributed by atoms with Crippen LogP contribution in [0.25, 0.3) is 0 Å². The van der Waals surface area contributed by atoms with Gasteiger partial charge >= 0.3 is 0 Å². The maximum Gasteiger partial charge on any atom is 0.0653 e. The van der Waals surface area contributed by atoms with Crippen LogP contribution in [0, 0.1) is 34.5 Å². The fourth-order valence-corrected chi connectivity index (χ4v) is 6.40. The van der Waals surface area contributed by atoms with Crippen molar-refractivity contribution >= 4 is 0 Å². The summed E-state index contributed by atoms with van der Waals surface area (Å²) in [6.07, 6.45) is 7.03. The van der Waals surface area contributed by atoms with E-state index in [2.05, 4.69) is 27.7 Å². The first-order valence-corrected chi connectivity index (χ1v) is 9.34. The van der Waals surface area contributed by atoms with E-state index in [0.29, 0.717) is 22.7 Å². The van der Waals surface area contributed by atoms with Crippen molar-refractivity contribution in [1.82, 2.24) is 0 Å². The highest BCUT2D eigenvalue weighted by Gasteiger charge is 2.59. The Labute approximate surface area is 136 Å². The molecule has 22 heavy (non-hydrogen) atoms. The molecule has 6 aliphatic rings. The highest BCUT2D eigenvalue weighted by Crippen LogP contribution is 2.63. The Morgan fingerprint density at radius 3 is 1.09 bits per heavy atom. The minimum atomic E-state index is -0.363. The zero-order valence-electron chi connectivity index (χ0n) is 15.4. The number of aliphatic hydroxyl groups is 2. The van der Waals surface area contributed by atoms with Gasteiger partial charge in [-0.05, 0) is 86.9 Å². The first-order valence-electron chi connectivity index (χ1n) is 9.34. The average Bonchev–Trinajstić information content (AvgIpc) is 2.36. The van der Waals surface area contributed by atoms with Crippen LogP contribution >= 0.6 is 0 Å². The predicted octanol–water partition coefficient (Wildman–Crippen LogP) is 4.39. The van der Waals surface area contributed by atoms with Gasteiger partial charge in [-0.25, -0.2) is 0 Å². The summed E-state index contributed by atoms with van der Waals surface area (Å²) in [5, 5.41) is 20.0. The first kappa shape index (κ1) is 16.8. The predicted molar refractivity (Wildman–Crippen MR) is 90.5 cm³/mol. The van der Waals surface area contributed by atoms with Crippen molar-refractivity contribution in [2.75, 3.05) is 0 Å². The van der Waals surface area contributed by atoms with E-state index in [9.17, 15) is 10.2 Å². The molecule has 0 aromatic carbocycles. The lowest BCUT2D eigenvalue weighted by Crippen LogP contribution is -2.60. The summed E-state index contributed by atoms with van der Waals surface area (Å²) in [7, 11) is 0. The zero-order valence-corrected chi connectivity index (χ0v) is 15.4. The molecule has 0 heterocycles. The third-order valence-corrected chi connectivity index (χ3v) is 8.44. The second-order valence-corrected chi connectivity index (χ2v) is 10.4. The lowest BCUT2D eigenvalue weighted by molar-refractivity contribution is -0.193. The zero-order chi connectivity index (χ0) is 16.6. The number of rotatable bonds is 0. The summed E-state index contributed by atoms with van der Waals surface area (Å²) in [5.41, 5.74) is 0.111. The van der Waals surface area contributed by atoms with Gasteiger partial charge in [-0.3, -0.25) is 0 Å². The summed E-state index contributed by atoms with van der Waals surface area (Å²) >= 11 is 0. The molecule has 2 N–H and O–H groups in total. The van der Waals surface area contributed by atoms with E-state index in [-0.39, 0.29) is 11.2 Å². The normalized spacial score (nSPS) is 53.5. The van der Waals surface area contributed by atoms with Gasteiger partial charge in [0.1, 0.15) is 0 Å². The molecule has 6 atom stereocenters. The number of fused-ring (bicyclic) bond motifs is 4. The first-order chi connectivity index (χ1) is 9.89. The lowest BCUT2D eigenvalue weighted by atomic mass is 9.44. The van der Waals surface area contributed by atoms with E-state index in [4.69, 9.17) is 0 Å². The van der Waals surface area contributed by atoms with Gasteiger partial charge in [0.25, 0.3) is 0 Å². The van der Waals surface area contributed by atoms with Gasteiger partial charge in [0, 0.05) is 0 Å². The molecule has 4 bridgehead atoms. The van der Waals surface area contributed by atoms with E-state index in [1.165, 1.54) is 25.7 Å². The Bertz CT molecular complexity index is 385. The van der Waals surface area contributed by atoms with E-state index < -0.39 is 0 Å². The van der Waals surface area contributed by atoms with Crippen molar-refractivity contribution < 1.29 is 10.2 Å². The van der Waals surface area contributed by atoms with Crippen LogP contribution in [0.15, 0.2) is 0 Å². The summed E-state index contributed by atoms with van der Waals surface area (Å²) in [5.74, 6) is 2.92. The van der Waals surface area contributed by atoms with Gasteiger partial charge in [-0.15, -0.1) is 0 Å². The Morgan fingerprint density at radius 1 is 0.636 bits per heavy atom. The maximum atomic E-state index is 10.0. The molecule has 6 unspecified atom stereocenters. The summed E-state index contributed by atoms with van der Waals surface area (Å²) in [6, 6.07) is 0. The third-order valence-electron chi connectivity index (χ3n) is 8.44. The van der Waals surface area contributed by atoms with Crippen LogP contribution in [0.5, 0.6) is 0 Å².